The standard InChI is InChI=1S/C20H25NO4/c1-6-7-12-24-18(22)15-11-10-14-9-8-13(2)21-16(14)17(15)25-19(23)20(3,4)5/h8-11H,6-7,12H2,1-5H3. The van der Waals surface area contributed by atoms with Crippen LogP contribution in [0.25, 0.3) is 10.9 Å². The average molecular weight is 343 g/mol. The molecule has 1 aromatic heterocycles. The molecule has 2 rings (SSSR count). The van der Waals surface area contributed by atoms with Crippen LogP contribution in [0.5, 0.6) is 5.75 Å². The van der Waals surface area contributed by atoms with E-state index in [1.165, 1.54) is 0 Å². The minimum Gasteiger partial charge on any atom is -0.462 e. The fraction of sp³-hybridized carbons (Fsp3) is 0.450. The van der Waals surface area contributed by atoms with Crippen molar-refractivity contribution in [3.8, 4) is 5.75 Å². The van der Waals surface area contributed by atoms with Crippen LogP contribution in [-0.4, -0.2) is 23.5 Å². The van der Waals surface area contributed by atoms with E-state index in [1.54, 1.807) is 32.9 Å². The number of fused-ring (bicyclic) bond motifs is 1. The van der Waals surface area contributed by atoms with Gasteiger partial charge in [0, 0.05) is 11.1 Å². The summed E-state index contributed by atoms with van der Waals surface area (Å²) in [6.07, 6.45) is 1.71. The number of unbranched alkanes of at least 4 members (excludes halogenated alkanes) is 1. The molecule has 0 N–H and O–H groups in total. The van der Waals surface area contributed by atoms with Crippen molar-refractivity contribution in [1.29, 1.82) is 0 Å². The summed E-state index contributed by atoms with van der Waals surface area (Å²) in [5.41, 5.74) is 0.786. The second kappa shape index (κ2) is 7.64. The predicted molar refractivity (Wildman–Crippen MR) is 96.8 cm³/mol. The summed E-state index contributed by atoms with van der Waals surface area (Å²) in [5, 5.41) is 0.799. The van der Waals surface area contributed by atoms with Crippen LogP contribution in [0, 0.1) is 12.3 Å². The first-order chi connectivity index (χ1) is 11.7. The summed E-state index contributed by atoms with van der Waals surface area (Å²) in [6, 6.07) is 7.17. The van der Waals surface area contributed by atoms with E-state index in [9.17, 15) is 9.59 Å². The van der Waals surface area contributed by atoms with Crippen LogP contribution in [0.3, 0.4) is 0 Å². The molecule has 0 amide bonds. The summed E-state index contributed by atoms with van der Waals surface area (Å²) in [7, 11) is 0. The molecule has 0 fully saturated rings. The first-order valence-corrected chi connectivity index (χ1v) is 8.53. The molecule has 5 heteroatoms. The van der Waals surface area contributed by atoms with Crippen molar-refractivity contribution in [2.75, 3.05) is 6.61 Å². The van der Waals surface area contributed by atoms with Crippen LogP contribution in [-0.2, 0) is 9.53 Å². The van der Waals surface area contributed by atoms with E-state index in [2.05, 4.69) is 4.98 Å². The molecule has 5 nitrogen and oxygen atoms in total. The predicted octanol–water partition coefficient (Wildman–Crippen LogP) is 4.45. The van der Waals surface area contributed by atoms with Crippen LogP contribution >= 0.6 is 0 Å². The van der Waals surface area contributed by atoms with Gasteiger partial charge in [0.2, 0.25) is 0 Å². The zero-order valence-corrected chi connectivity index (χ0v) is 15.5. The van der Waals surface area contributed by atoms with Crippen molar-refractivity contribution >= 4 is 22.8 Å². The number of pyridine rings is 1. The lowest BCUT2D eigenvalue weighted by Gasteiger charge is -2.19. The highest BCUT2D eigenvalue weighted by Gasteiger charge is 2.27. The summed E-state index contributed by atoms with van der Waals surface area (Å²) in [4.78, 5) is 29.3. The zero-order chi connectivity index (χ0) is 18.6. The van der Waals surface area contributed by atoms with Crippen molar-refractivity contribution in [3.63, 3.8) is 0 Å². The SMILES string of the molecule is CCCCOC(=O)c1ccc2ccc(C)nc2c1OC(=O)C(C)(C)C. The number of ether oxygens (including phenoxy) is 2. The van der Waals surface area contributed by atoms with Gasteiger partial charge in [0.15, 0.2) is 5.75 Å². The fourth-order valence-electron chi connectivity index (χ4n) is 2.16. The van der Waals surface area contributed by atoms with Gasteiger partial charge < -0.3 is 9.47 Å². The number of aryl methyl sites for hydroxylation is 1. The molecule has 0 aliphatic heterocycles. The third-order valence-corrected chi connectivity index (χ3v) is 3.71. The molecular weight excluding hydrogens is 318 g/mol. The minimum absolute atomic E-state index is 0.169. The van der Waals surface area contributed by atoms with Crippen molar-refractivity contribution in [3.05, 3.63) is 35.5 Å². The molecule has 0 saturated carbocycles. The third-order valence-electron chi connectivity index (χ3n) is 3.71. The average Bonchev–Trinajstić information content (AvgIpc) is 2.54. The van der Waals surface area contributed by atoms with Gasteiger partial charge in [0.25, 0.3) is 0 Å². The van der Waals surface area contributed by atoms with Crippen molar-refractivity contribution in [2.45, 2.75) is 47.5 Å². The highest BCUT2D eigenvalue weighted by Crippen LogP contribution is 2.31. The maximum Gasteiger partial charge on any atom is 0.342 e. The maximum absolute atomic E-state index is 12.5. The number of carbonyl (C=O) groups is 2. The first kappa shape index (κ1) is 18.9. The number of rotatable bonds is 5. The van der Waals surface area contributed by atoms with Gasteiger partial charge in [0.05, 0.1) is 12.0 Å². The fourth-order valence-corrected chi connectivity index (χ4v) is 2.16. The number of nitrogens with zero attached hydrogens (tertiary/aromatic N) is 1. The number of esters is 2. The van der Waals surface area contributed by atoms with Crippen LogP contribution in [0.15, 0.2) is 24.3 Å². The monoisotopic (exact) mass is 343 g/mol. The molecule has 134 valence electrons. The smallest absolute Gasteiger partial charge is 0.342 e. The van der Waals surface area contributed by atoms with E-state index in [4.69, 9.17) is 9.47 Å². The Morgan fingerprint density at radius 1 is 1.12 bits per heavy atom. The van der Waals surface area contributed by atoms with E-state index in [0.29, 0.717) is 12.1 Å². The van der Waals surface area contributed by atoms with Crippen molar-refractivity contribution in [2.24, 2.45) is 5.41 Å². The van der Waals surface area contributed by atoms with Crippen molar-refractivity contribution in [1.82, 2.24) is 4.98 Å². The van der Waals surface area contributed by atoms with Gasteiger partial charge in [0.1, 0.15) is 11.1 Å². The Balaban J connectivity index is 2.51. The molecule has 25 heavy (non-hydrogen) atoms. The van der Waals surface area contributed by atoms with Crippen LogP contribution in [0.1, 0.15) is 56.6 Å². The highest BCUT2D eigenvalue weighted by atomic mass is 16.5. The quantitative estimate of drug-likeness (QED) is 0.456. The topological polar surface area (TPSA) is 65.5 Å². The number of aromatic nitrogens is 1. The van der Waals surface area contributed by atoms with Crippen LogP contribution < -0.4 is 4.74 Å². The molecule has 0 unspecified atom stereocenters. The van der Waals surface area contributed by atoms with Gasteiger partial charge >= 0.3 is 11.9 Å². The van der Waals surface area contributed by atoms with Crippen LogP contribution in [0.4, 0.5) is 0 Å². The largest absolute Gasteiger partial charge is 0.462 e. The van der Waals surface area contributed by atoms with Gasteiger partial charge in [-0.15, -0.1) is 0 Å². The van der Waals surface area contributed by atoms with Gasteiger partial charge in [-0.05, 0) is 46.2 Å². The molecule has 0 aliphatic carbocycles. The second-order valence-electron chi connectivity index (χ2n) is 7.10. The molecule has 0 saturated heterocycles. The number of hydrogen-bond donors (Lipinski definition) is 0. The third kappa shape index (κ3) is 4.56. The van der Waals surface area contributed by atoms with Crippen LogP contribution in [0.2, 0.25) is 0 Å². The Labute approximate surface area is 148 Å². The molecule has 1 aromatic carbocycles. The molecule has 0 bridgehead atoms. The summed E-state index contributed by atoms with van der Waals surface area (Å²) < 4.78 is 10.9. The lowest BCUT2D eigenvalue weighted by Crippen LogP contribution is -2.26. The Kier molecular flexibility index (Phi) is 5.77. The lowest BCUT2D eigenvalue weighted by atomic mass is 9.97. The Bertz CT molecular complexity index is 790. The first-order valence-electron chi connectivity index (χ1n) is 8.53. The van der Waals surface area contributed by atoms with Gasteiger partial charge in [-0.25, -0.2) is 9.78 Å². The molecule has 0 spiro atoms. The molecule has 0 aliphatic rings. The number of benzene rings is 1. The molecular formula is C20H25NO4. The maximum atomic E-state index is 12.5. The lowest BCUT2D eigenvalue weighted by molar-refractivity contribution is -0.142. The Morgan fingerprint density at radius 3 is 2.44 bits per heavy atom. The van der Waals surface area contributed by atoms with E-state index < -0.39 is 17.4 Å². The van der Waals surface area contributed by atoms with E-state index in [-0.39, 0.29) is 11.3 Å². The minimum atomic E-state index is -0.699. The summed E-state index contributed by atoms with van der Waals surface area (Å²) in [6.45, 7) is 9.49. The Morgan fingerprint density at radius 2 is 1.80 bits per heavy atom. The van der Waals surface area contributed by atoms with E-state index >= 15 is 0 Å². The number of hydrogen-bond acceptors (Lipinski definition) is 5. The molecule has 0 radical (unpaired) electrons. The normalized spacial score (nSPS) is 11.4. The molecule has 0 atom stereocenters. The van der Waals surface area contributed by atoms with E-state index in [0.717, 1.165) is 23.9 Å². The van der Waals surface area contributed by atoms with Gasteiger partial charge in [-0.2, -0.15) is 0 Å². The van der Waals surface area contributed by atoms with E-state index in [1.807, 2.05) is 26.0 Å². The van der Waals surface area contributed by atoms with Crippen molar-refractivity contribution < 1.29 is 19.1 Å². The van der Waals surface area contributed by atoms with Gasteiger partial charge in [-0.3, -0.25) is 4.79 Å². The number of carbonyl (C=O) groups excluding carboxylic acids is 2. The summed E-state index contributed by atoms with van der Waals surface area (Å²) in [5.74, 6) is -0.760. The van der Waals surface area contributed by atoms with Gasteiger partial charge in [-0.1, -0.05) is 25.5 Å². The Hall–Kier alpha value is -2.43. The zero-order valence-electron chi connectivity index (χ0n) is 15.5. The molecule has 2 aromatic rings. The highest BCUT2D eigenvalue weighted by molar-refractivity contribution is 6.01. The summed E-state index contributed by atoms with van der Waals surface area (Å²) >= 11 is 0. The molecule has 1 heterocycles. The second-order valence-corrected chi connectivity index (χ2v) is 7.10.